The zero-order valence-electron chi connectivity index (χ0n) is 17.3. The monoisotopic (exact) mass is 420 g/mol. The maximum Gasteiger partial charge on any atom is 0.261 e. The number of benzene rings is 5. The Labute approximate surface area is 181 Å². The van der Waals surface area contributed by atoms with Crippen LogP contribution in [0.15, 0.2) is 48.5 Å². The highest BCUT2D eigenvalue weighted by molar-refractivity contribution is 6.39. The van der Waals surface area contributed by atoms with E-state index in [0.717, 1.165) is 42.6 Å². The quantitative estimate of drug-likeness (QED) is 0.233. The van der Waals surface area contributed by atoms with Crippen molar-refractivity contribution in [2.24, 2.45) is 0 Å². The molecule has 5 aromatic carbocycles. The third-order valence-electron chi connectivity index (χ3n) is 7.20. The molecule has 154 valence electrons. The largest absolute Gasteiger partial charge is 0.369 e. The molecule has 32 heavy (non-hydrogen) atoms. The number of carbonyl (C=O) groups excluding carboxylic acids is 3. The van der Waals surface area contributed by atoms with Gasteiger partial charge in [0.25, 0.3) is 17.7 Å². The van der Waals surface area contributed by atoms with Crippen molar-refractivity contribution in [3.63, 3.8) is 0 Å². The fourth-order valence-corrected chi connectivity index (χ4v) is 5.63. The van der Waals surface area contributed by atoms with Gasteiger partial charge in [-0.3, -0.25) is 19.3 Å². The molecule has 2 heterocycles. The van der Waals surface area contributed by atoms with Crippen molar-refractivity contribution < 1.29 is 19.5 Å². The number of rotatable bonds is 0. The van der Waals surface area contributed by atoms with Crippen LogP contribution in [0.25, 0.3) is 43.1 Å². The number of fused-ring (bicyclic) bond motifs is 2. The van der Waals surface area contributed by atoms with Crippen LogP contribution in [-0.2, 0) is 0 Å². The summed E-state index contributed by atoms with van der Waals surface area (Å²) >= 11 is 0. The second-order valence-corrected chi connectivity index (χ2v) is 8.64. The summed E-state index contributed by atoms with van der Waals surface area (Å²) in [5, 5.41) is 17.7. The number of hydrogen-bond acceptors (Lipinski definition) is 4. The number of aliphatic hydroxyl groups excluding tert-OH is 1. The van der Waals surface area contributed by atoms with Crippen LogP contribution in [-0.4, -0.2) is 46.7 Å². The number of carbonyl (C=O) groups is 3. The lowest BCUT2D eigenvalue weighted by atomic mass is 9.82. The van der Waals surface area contributed by atoms with Gasteiger partial charge < -0.3 is 10.0 Å². The van der Waals surface area contributed by atoms with Gasteiger partial charge in [0.15, 0.2) is 6.23 Å². The van der Waals surface area contributed by atoms with Crippen LogP contribution in [0.3, 0.4) is 0 Å². The van der Waals surface area contributed by atoms with E-state index in [2.05, 4.69) is 0 Å². The SMILES string of the molecule is CN1C(=O)c2ccc3c4ccc5c6c(ccc(c7ccc(c2c37)C1=O)c64)C(O)N(C)C5=O. The molecule has 0 saturated heterocycles. The fourth-order valence-electron chi connectivity index (χ4n) is 5.63. The van der Waals surface area contributed by atoms with E-state index in [0.29, 0.717) is 27.6 Å². The first-order valence-corrected chi connectivity index (χ1v) is 10.4. The van der Waals surface area contributed by atoms with Gasteiger partial charge in [-0.2, -0.15) is 0 Å². The molecule has 2 aliphatic rings. The van der Waals surface area contributed by atoms with E-state index >= 15 is 0 Å². The van der Waals surface area contributed by atoms with E-state index in [4.69, 9.17) is 0 Å². The van der Waals surface area contributed by atoms with Gasteiger partial charge in [0, 0.05) is 47.1 Å². The van der Waals surface area contributed by atoms with Gasteiger partial charge in [-0.05, 0) is 50.5 Å². The zero-order chi connectivity index (χ0) is 22.0. The smallest absolute Gasteiger partial charge is 0.261 e. The lowest BCUT2D eigenvalue weighted by Gasteiger charge is -2.32. The van der Waals surface area contributed by atoms with Gasteiger partial charge in [0.2, 0.25) is 0 Å². The van der Waals surface area contributed by atoms with Gasteiger partial charge >= 0.3 is 0 Å². The van der Waals surface area contributed by atoms with Crippen LogP contribution >= 0.6 is 0 Å². The Morgan fingerprint density at radius 3 is 1.56 bits per heavy atom. The molecular weight excluding hydrogens is 404 g/mol. The highest BCUT2D eigenvalue weighted by Gasteiger charge is 2.34. The molecule has 1 unspecified atom stereocenters. The second kappa shape index (κ2) is 5.41. The molecule has 6 heteroatoms. The van der Waals surface area contributed by atoms with Gasteiger partial charge in [-0.25, -0.2) is 0 Å². The Bertz CT molecular complexity index is 1670. The summed E-state index contributed by atoms with van der Waals surface area (Å²) < 4.78 is 0. The predicted octanol–water partition coefficient (Wildman–Crippen LogP) is 4.04. The minimum atomic E-state index is -1.01. The van der Waals surface area contributed by atoms with E-state index in [1.165, 1.54) is 11.9 Å². The van der Waals surface area contributed by atoms with Gasteiger partial charge in [0.05, 0.1) is 0 Å². The summed E-state index contributed by atoms with van der Waals surface area (Å²) in [6, 6.07) is 15.0. The molecule has 0 aliphatic carbocycles. The first kappa shape index (κ1) is 17.6. The summed E-state index contributed by atoms with van der Waals surface area (Å²) in [4.78, 5) is 41.1. The molecule has 2 aliphatic heterocycles. The Kier molecular flexibility index (Phi) is 2.98. The van der Waals surface area contributed by atoms with E-state index in [9.17, 15) is 19.5 Å². The van der Waals surface area contributed by atoms with Crippen LogP contribution in [0, 0.1) is 0 Å². The molecule has 1 atom stereocenters. The number of hydrogen-bond donors (Lipinski definition) is 1. The lowest BCUT2D eigenvalue weighted by Crippen LogP contribution is -2.36. The van der Waals surface area contributed by atoms with E-state index in [1.807, 2.05) is 30.3 Å². The number of nitrogens with zero attached hydrogens (tertiary/aromatic N) is 2. The molecule has 0 fully saturated rings. The highest BCUT2D eigenvalue weighted by atomic mass is 16.3. The maximum atomic E-state index is 12.9. The minimum absolute atomic E-state index is 0.219. The maximum absolute atomic E-state index is 12.9. The number of aliphatic hydroxyl groups is 1. The van der Waals surface area contributed by atoms with Crippen LogP contribution in [0.1, 0.15) is 42.9 Å². The highest BCUT2D eigenvalue weighted by Crippen LogP contribution is 2.47. The molecule has 3 amide bonds. The van der Waals surface area contributed by atoms with Gasteiger partial charge in [0.1, 0.15) is 0 Å². The Hall–Kier alpha value is -4.03. The fraction of sp³-hybridized carbons (Fsp3) is 0.115. The molecular formula is C26H16N2O4. The Morgan fingerprint density at radius 1 is 0.594 bits per heavy atom. The number of amides is 3. The van der Waals surface area contributed by atoms with Crippen molar-refractivity contribution in [2.75, 3.05) is 14.1 Å². The molecule has 0 aromatic heterocycles. The third-order valence-corrected chi connectivity index (χ3v) is 7.20. The Morgan fingerprint density at radius 2 is 1.03 bits per heavy atom. The van der Waals surface area contributed by atoms with E-state index in [-0.39, 0.29) is 17.7 Å². The third kappa shape index (κ3) is 1.76. The molecule has 6 nitrogen and oxygen atoms in total. The van der Waals surface area contributed by atoms with Crippen LogP contribution in [0.2, 0.25) is 0 Å². The molecule has 0 spiro atoms. The molecule has 5 aromatic rings. The van der Waals surface area contributed by atoms with Gasteiger partial charge in [-0.15, -0.1) is 0 Å². The standard InChI is InChI=1S/C26H16N2O4/c1-27-23(29)15-7-3-11-13-5-9-17-22-18(26(32)28(2)25(17)31)10-6-14(20(13)22)12-4-8-16(24(27)30)21(15)19(11)12/h3-10,23,29H,1-2H3. The topological polar surface area (TPSA) is 77.9 Å². The van der Waals surface area contributed by atoms with Crippen molar-refractivity contribution in [3.8, 4) is 0 Å². The van der Waals surface area contributed by atoms with Crippen LogP contribution in [0.4, 0.5) is 0 Å². The first-order valence-electron chi connectivity index (χ1n) is 10.4. The summed E-state index contributed by atoms with van der Waals surface area (Å²) in [5.41, 5.74) is 2.30. The first-order chi connectivity index (χ1) is 15.4. The average Bonchev–Trinajstić information content (AvgIpc) is 2.82. The van der Waals surface area contributed by atoms with Crippen molar-refractivity contribution in [1.29, 1.82) is 0 Å². The zero-order valence-corrected chi connectivity index (χ0v) is 17.3. The normalized spacial score (nSPS) is 18.2. The van der Waals surface area contributed by atoms with Crippen molar-refractivity contribution in [1.82, 2.24) is 9.80 Å². The van der Waals surface area contributed by atoms with Crippen LogP contribution in [0.5, 0.6) is 0 Å². The summed E-state index contributed by atoms with van der Waals surface area (Å²) in [6.45, 7) is 0. The lowest BCUT2D eigenvalue weighted by molar-refractivity contribution is 0.0174. The summed E-state index contributed by atoms with van der Waals surface area (Å²) in [6.07, 6.45) is -1.01. The second-order valence-electron chi connectivity index (χ2n) is 8.64. The van der Waals surface area contributed by atoms with Crippen molar-refractivity contribution in [2.45, 2.75) is 6.23 Å². The Balaban J connectivity index is 1.76. The molecule has 0 radical (unpaired) electrons. The van der Waals surface area contributed by atoms with Crippen LogP contribution < -0.4 is 0 Å². The molecule has 7 rings (SSSR count). The van der Waals surface area contributed by atoms with Crippen molar-refractivity contribution >= 4 is 60.8 Å². The van der Waals surface area contributed by atoms with Gasteiger partial charge in [-0.1, -0.05) is 30.3 Å². The molecule has 0 saturated carbocycles. The van der Waals surface area contributed by atoms with E-state index in [1.54, 1.807) is 25.2 Å². The summed E-state index contributed by atoms with van der Waals surface area (Å²) in [7, 11) is 3.10. The minimum Gasteiger partial charge on any atom is -0.369 e. The summed E-state index contributed by atoms with van der Waals surface area (Å²) in [5.74, 6) is -0.832. The van der Waals surface area contributed by atoms with E-state index < -0.39 is 6.23 Å². The molecule has 0 bridgehead atoms. The van der Waals surface area contributed by atoms with Crippen molar-refractivity contribution in [3.05, 3.63) is 70.8 Å². The average molecular weight is 420 g/mol. The number of imide groups is 1. The predicted molar refractivity (Wildman–Crippen MR) is 121 cm³/mol. The molecule has 1 N–H and O–H groups in total.